The molecule has 1 aromatic carbocycles. The number of pyridine rings is 1. The Morgan fingerprint density at radius 2 is 1.96 bits per heavy atom. The van der Waals surface area contributed by atoms with Crippen molar-refractivity contribution < 1.29 is 4.79 Å². The van der Waals surface area contributed by atoms with Gasteiger partial charge in [-0.2, -0.15) is 0 Å². The highest BCUT2D eigenvalue weighted by Crippen LogP contribution is 2.31. The summed E-state index contributed by atoms with van der Waals surface area (Å²) in [5, 5.41) is 3.08. The maximum absolute atomic E-state index is 12.8. The number of hydrogen-bond donors (Lipinski definition) is 1. The molecule has 0 radical (unpaired) electrons. The smallest absolute Gasteiger partial charge is 0.322 e. The van der Waals surface area contributed by atoms with Crippen molar-refractivity contribution in [1.82, 2.24) is 15.2 Å². The SMILES string of the molecule is CC1Cc2ccccc2N1C(=O)NCc1ccnc(N2CCN(C)CC2)c1. The maximum atomic E-state index is 12.8. The van der Waals surface area contributed by atoms with E-state index in [1.807, 2.05) is 35.4 Å². The number of rotatable bonds is 3. The maximum Gasteiger partial charge on any atom is 0.322 e. The van der Waals surface area contributed by atoms with E-state index in [1.54, 1.807) is 0 Å². The minimum Gasteiger partial charge on any atom is -0.354 e. The average Bonchev–Trinajstić information content (AvgIpc) is 3.03. The summed E-state index contributed by atoms with van der Waals surface area (Å²) in [5.74, 6) is 0.995. The van der Waals surface area contributed by atoms with Gasteiger partial charge < -0.3 is 15.1 Å². The first kappa shape index (κ1) is 17.8. The van der Waals surface area contributed by atoms with Gasteiger partial charge >= 0.3 is 6.03 Å². The summed E-state index contributed by atoms with van der Waals surface area (Å²) in [4.78, 5) is 23.8. The average molecular weight is 365 g/mol. The second kappa shape index (κ2) is 7.56. The van der Waals surface area contributed by atoms with Crippen molar-refractivity contribution in [1.29, 1.82) is 0 Å². The molecule has 6 nitrogen and oxygen atoms in total. The quantitative estimate of drug-likeness (QED) is 0.908. The molecule has 1 atom stereocenters. The first-order valence-electron chi connectivity index (χ1n) is 9.65. The number of nitrogens with one attached hydrogen (secondary N) is 1. The van der Waals surface area contributed by atoms with Crippen LogP contribution in [0, 0.1) is 0 Å². The largest absolute Gasteiger partial charge is 0.354 e. The third-order valence-electron chi connectivity index (χ3n) is 5.51. The number of carbonyl (C=O) groups is 1. The number of fused-ring (bicyclic) bond motifs is 1. The van der Waals surface area contributed by atoms with Crippen molar-refractivity contribution >= 4 is 17.5 Å². The Morgan fingerprint density at radius 3 is 2.78 bits per heavy atom. The number of urea groups is 1. The zero-order valence-corrected chi connectivity index (χ0v) is 16.1. The van der Waals surface area contributed by atoms with Crippen LogP contribution in [-0.2, 0) is 13.0 Å². The van der Waals surface area contributed by atoms with Crippen LogP contribution >= 0.6 is 0 Å². The van der Waals surface area contributed by atoms with Gasteiger partial charge in [0.2, 0.25) is 0 Å². The molecule has 1 aromatic heterocycles. The summed E-state index contributed by atoms with van der Waals surface area (Å²) in [6.07, 6.45) is 2.75. The zero-order valence-electron chi connectivity index (χ0n) is 16.1. The molecule has 0 aliphatic carbocycles. The zero-order chi connectivity index (χ0) is 18.8. The molecule has 1 fully saturated rings. The molecule has 3 heterocycles. The summed E-state index contributed by atoms with van der Waals surface area (Å²) in [6.45, 7) is 6.68. The van der Waals surface area contributed by atoms with Crippen molar-refractivity contribution in [3.8, 4) is 0 Å². The summed E-state index contributed by atoms with van der Waals surface area (Å²) in [5.41, 5.74) is 3.34. The van der Waals surface area contributed by atoms with Crippen LogP contribution in [0.15, 0.2) is 42.6 Å². The number of benzene rings is 1. The van der Waals surface area contributed by atoms with E-state index in [0.717, 1.165) is 49.7 Å². The molecule has 2 amide bonds. The minimum absolute atomic E-state index is 0.0367. The van der Waals surface area contributed by atoms with Crippen molar-refractivity contribution in [2.24, 2.45) is 0 Å². The standard InChI is InChI=1S/C21H27N5O/c1-16-13-18-5-3-4-6-19(18)26(16)21(27)23-15-17-7-8-22-20(14-17)25-11-9-24(2)10-12-25/h3-8,14,16H,9-13,15H2,1-2H3,(H,23,27). The van der Waals surface area contributed by atoms with E-state index in [9.17, 15) is 4.79 Å². The second-order valence-electron chi connectivity index (χ2n) is 7.52. The number of amides is 2. The van der Waals surface area contributed by atoms with Gasteiger partial charge in [-0.3, -0.25) is 4.90 Å². The summed E-state index contributed by atoms with van der Waals surface area (Å²) < 4.78 is 0. The van der Waals surface area contributed by atoms with Crippen LogP contribution in [0.2, 0.25) is 0 Å². The molecule has 1 unspecified atom stereocenters. The highest BCUT2D eigenvalue weighted by Gasteiger charge is 2.30. The molecule has 1 saturated heterocycles. The van der Waals surface area contributed by atoms with Gasteiger partial charge in [0.15, 0.2) is 0 Å². The van der Waals surface area contributed by atoms with E-state index >= 15 is 0 Å². The van der Waals surface area contributed by atoms with Gasteiger partial charge in [-0.05, 0) is 49.7 Å². The lowest BCUT2D eigenvalue weighted by molar-refractivity contribution is 0.244. The number of hydrogen-bond acceptors (Lipinski definition) is 4. The number of piperazine rings is 1. The van der Waals surface area contributed by atoms with Crippen LogP contribution in [0.4, 0.5) is 16.3 Å². The van der Waals surface area contributed by atoms with Gasteiger partial charge in [0, 0.05) is 50.6 Å². The third kappa shape index (κ3) is 3.76. The van der Waals surface area contributed by atoms with E-state index in [4.69, 9.17) is 0 Å². The Bertz CT molecular complexity index is 816. The van der Waals surface area contributed by atoms with Gasteiger partial charge in [-0.1, -0.05) is 18.2 Å². The minimum atomic E-state index is -0.0367. The second-order valence-corrected chi connectivity index (χ2v) is 7.52. The molecule has 142 valence electrons. The number of para-hydroxylation sites is 1. The highest BCUT2D eigenvalue weighted by molar-refractivity contribution is 5.94. The number of aromatic nitrogens is 1. The number of anilines is 2. The predicted octanol–water partition coefficient (Wildman–Crippen LogP) is 2.49. The molecular weight excluding hydrogens is 338 g/mol. The summed E-state index contributed by atoms with van der Waals surface area (Å²) in [7, 11) is 2.15. The van der Waals surface area contributed by atoms with E-state index in [2.05, 4.69) is 46.2 Å². The molecule has 6 heteroatoms. The lowest BCUT2D eigenvalue weighted by Crippen LogP contribution is -2.45. The van der Waals surface area contributed by atoms with E-state index in [1.165, 1.54) is 5.56 Å². The normalized spacial score (nSPS) is 19.9. The molecule has 0 bridgehead atoms. The number of likely N-dealkylation sites (N-methyl/N-ethyl adjacent to an activating group) is 1. The van der Waals surface area contributed by atoms with Crippen molar-refractivity contribution in [2.75, 3.05) is 43.0 Å². The monoisotopic (exact) mass is 365 g/mol. The summed E-state index contributed by atoms with van der Waals surface area (Å²) >= 11 is 0. The first-order valence-corrected chi connectivity index (χ1v) is 9.65. The van der Waals surface area contributed by atoms with Gasteiger partial charge in [0.05, 0.1) is 0 Å². The molecule has 0 spiro atoms. The fraction of sp³-hybridized carbons (Fsp3) is 0.429. The van der Waals surface area contributed by atoms with Gasteiger partial charge in [-0.25, -0.2) is 9.78 Å². The van der Waals surface area contributed by atoms with Crippen LogP contribution in [0.5, 0.6) is 0 Å². The van der Waals surface area contributed by atoms with Gasteiger partial charge in [-0.15, -0.1) is 0 Å². The number of nitrogens with zero attached hydrogens (tertiary/aromatic N) is 4. The molecule has 2 aromatic rings. The van der Waals surface area contributed by atoms with Crippen molar-refractivity contribution in [3.05, 3.63) is 53.7 Å². The van der Waals surface area contributed by atoms with Crippen molar-refractivity contribution in [3.63, 3.8) is 0 Å². The van der Waals surface area contributed by atoms with Crippen LogP contribution in [0.1, 0.15) is 18.1 Å². The molecule has 2 aliphatic rings. The Labute approximate surface area is 160 Å². The molecule has 0 saturated carbocycles. The Hall–Kier alpha value is -2.60. The van der Waals surface area contributed by atoms with Crippen LogP contribution in [0.3, 0.4) is 0 Å². The Balaban J connectivity index is 1.40. The molecule has 1 N–H and O–H groups in total. The summed E-state index contributed by atoms with van der Waals surface area (Å²) in [6, 6.07) is 12.4. The lowest BCUT2D eigenvalue weighted by atomic mass is 10.1. The molecule has 27 heavy (non-hydrogen) atoms. The number of carbonyl (C=O) groups excluding carboxylic acids is 1. The van der Waals surface area contributed by atoms with E-state index in [0.29, 0.717) is 6.54 Å². The van der Waals surface area contributed by atoms with Crippen LogP contribution in [0.25, 0.3) is 0 Å². The highest BCUT2D eigenvalue weighted by atomic mass is 16.2. The van der Waals surface area contributed by atoms with E-state index < -0.39 is 0 Å². The predicted molar refractivity (Wildman–Crippen MR) is 108 cm³/mol. The Morgan fingerprint density at radius 1 is 1.19 bits per heavy atom. The fourth-order valence-corrected chi connectivity index (χ4v) is 3.92. The van der Waals surface area contributed by atoms with Crippen molar-refractivity contribution in [2.45, 2.75) is 25.9 Å². The molecule has 4 rings (SSSR count). The van der Waals surface area contributed by atoms with Crippen LogP contribution in [-0.4, -0.2) is 55.2 Å². The molecular formula is C21H27N5O. The van der Waals surface area contributed by atoms with Gasteiger partial charge in [0.1, 0.15) is 5.82 Å². The topological polar surface area (TPSA) is 51.7 Å². The third-order valence-corrected chi connectivity index (χ3v) is 5.51. The molecule has 2 aliphatic heterocycles. The first-order chi connectivity index (χ1) is 13.1. The van der Waals surface area contributed by atoms with Gasteiger partial charge in [0.25, 0.3) is 0 Å². The lowest BCUT2D eigenvalue weighted by Gasteiger charge is -2.33. The van der Waals surface area contributed by atoms with E-state index in [-0.39, 0.29) is 12.1 Å². The fourth-order valence-electron chi connectivity index (χ4n) is 3.92. The Kier molecular flexibility index (Phi) is 4.99. The van der Waals surface area contributed by atoms with Crippen LogP contribution < -0.4 is 15.1 Å².